The number of benzene rings is 1. The smallest absolute Gasteiger partial charge is 0.181 e. The van der Waals surface area contributed by atoms with Crippen molar-refractivity contribution in [3.8, 4) is 0 Å². The van der Waals surface area contributed by atoms with Gasteiger partial charge in [-0.25, -0.2) is 0 Å². The Kier molecular flexibility index (Phi) is 2.16. The molecule has 1 aliphatic rings. The lowest BCUT2D eigenvalue weighted by molar-refractivity contribution is 0.101. The van der Waals surface area contributed by atoms with E-state index in [0.29, 0.717) is 27.8 Å². The van der Waals surface area contributed by atoms with Gasteiger partial charge in [0.2, 0.25) is 0 Å². The minimum absolute atomic E-state index is 0.136. The summed E-state index contributed by atoms with van der Waals surface area (Å²) in [5, 5.41) is 5.28. The van der Waals surface area contributed by atoms with Crippen molar-refractivity contribution in [1.82, 2.24) is 5.16 Å². The highest BCUT2D eigenvalue weighted by molar-refractivity contribution is 6.36. The molecule has 1 heterocycles. The number of nitrogen functional groups attached to an aromatic ring is 1. The van der Waals surface area contributed by atoms with Crippen molar-refractivity contribution in [2.24, 2.45) is 0 Å². The molecule has 0 unspecified atom stereocenters. The number of carbonyl (C=O) groups excluding carboxylic acids is 1. The average molecular weight is 251 g/mol. The SMILES string of the molecule is CC(=O)c1c(N)cc(Cl)c2c(C3CC3)noc12. The molecule has 0 atom stereocenters. The van der Waals surface area contributed by atoms with Crippen LogP contribution in [0.4, 0.5) is 5.69 Å². The van der Waals surface area contributed by atoms with Crippen molar-refractivity contribution in [2.45, 2.75) is 25.7 Å². The zero-order chi connectivity index (χ0) is 12.2. The summed E-state index contributed by atoms with van der Waals surface area (Å²) in [6, 6.07) is 1.60. The van der Waals surface area contributed by atoms with Crippen LogP contribution in [-0.4, -0.2) is 10.9 Å². The molecule has 17 heavy (non-hydrogen) atoms. The Morgan fingerprint density at radius 1 is 1.59 bits per heavy atom. The van der Waals surface area contributed by atoms with Gasteiger partial charge in [-0.15, -0.1) is 0 Å². The highest BCUT2D eigenvalue weighted by Crippen LogP contribution is 2.45. The van der Waals surface area contributed by atoms with Crippen LogP contribution < -0.4 is 5.73 Å². The molecule has 88 valence electrons. The molecule has 0 saturated heterocycles. The zero-order valence-electron chi connectivity index (χ0n) is 9.29. The number of carbonyl (C=O) groups is 1. The minimum atomic E-state index is -0.136. The Bertz CT molecular complexity index is 629. The molecule has 5 heteroatoms. The van der Waals surface area contributed by atoms with Crippen LogP contribution >= 0.6 is 11.6 Å². The maximum atomic E-state index is 11.6. The van der Waals surface area contributed by atoms with Gasteiger partial charge in [0, 0.05) is 11.6 Å². The van der Waals surface area contributed by atoms with E-state index in [0.717, 1.165) is 23.9 Å². The number of nitrogens with zero attached hydrogens (tertiary/aromatic N) is 1. The third kappa shape index (κ3) is 1.52. The largest absolute Gasteiger partial charge is 0.398 e. The highest BCUT2D eigenvalue weighted by atomic mass is 35.5. The second-order valence-corrected chi connectivity index (χ2v) is 4.83. The Morgan fingerprint density at radius 2 is 2.29 bits per heavy atom. The predicted molar refractivity (Wildman–Crippen MR) is 65.4 cm³/mol. The minimum Gasteiger partial charge on any atom is -0.398 e. The summed E-state index contributed by atoms with van der Waals surface area (Å²) in [5.41, 5.74) is 7.79. The summed E-state index contributed by atoms with van der Waals surface area (Å²) in [6.07, 6.45) is 2.19. The summed E-state index contributed by atoms with van der Waals surface area (Å²) in [6.45, 7) is 1.46. The number of anilines is 1. The summed E-state index contributed by atoms with van der Waals surface area (Å²) in [4.78, 5) is 11.6. The molecule has 3 rings (SSSR count). The molecule has 1 aliphatic carbocycles. The second kappa shape index (κ2) is 3.47. The number of hydrogen-bond acceptors (Lipinski definition) is 4. The fourth-order valence-corrected chi connectivity index (χ4v) is 2.41. The Hall–Kier alpha value is -1.55. The highest BCUT2D eigenvalue weighted by Gasteiger charge is 2.31. The molecule has 4 nitrogen and oxygen atoms in total. The first kappa shape index (κ1) is 10.6. The van der Waals surface area contributed by atoms with E-state index in [1.54, 1.807) is 6.07 Å². The number of hydrogen-bond donors (Lipinski definition) is 1. The van der Waals surface area contributed by atoms with Crippen LogP contribution in [-0.2, 0) is 0 Å². The van der Waals surface area contributed by atoms with Gasteiger partial charge in [0.05, 0.1) is 21.7 Å². The van der Waals surface area contributed by atoms with Crippen LogP contribution in [0.5, 0.6) is 0 Å². The molecular weight excluding hydrogens is 240 g/mol. The maximum Gasteiger partial charge on any atom is 0.181 e. The normalized spacial score (nSPS) is 15.4. The van der Waals surface area contributed by atoms with Gasteiger partial charge in [0.15, 0.2) is 11.4 Å². The van der Waals surface area contributed by atoms with Crippen LogP contribution in [0.1, 0.15) is 41.7 Å². The van der Waals surface area contributed by atoms with Crippen molar-refractivity contribution >= 4 is 34.0 Å². The van der Waals surface area contributed by atoms with E-state index in [1.807, 2.05) is 0 Å². The average Bonchev–Trinajstić information content (AvgIpc) is 2.98. The Morgan fingerprint density at radius 3 is 2.88 bits per heavy atom. The molecule has 2 aromatic rings. The van der Waals surface area contributed by atoms with Gasteiger partial charge in [0.25, 0.3) is 0 Å². The fraction of sp³-hybridized carbons (Fsp3) is 0.333. The summed E-state index contributed by atoms with van der Waals surface area (Å²) < 4.78 is 5.27. The van der Waals surface area contributed by atoms with Crippen molar-refractivity contribution in [3.05, 3.63) is 22.3 Å². The van der Waals surface area contributed by atoms with Crippen LogP contribution in [0, 0.1) is 0 Å². The first-order chi connectivity index (χ1) is 8.09. The van der Waals surface area contributed by atoms with Gasteiger partial charge in [-0.1, -0.05) is 16.8 Å². The number of nitrogens with two attached hydrogens (primary N) is 1. The molecule has 0 bridgehead atoms. The van der Waals surface area contributed by atoms with E-state index < -0.39 is 0 Å². The topological polar surface area (TPSA) is 69.1 Å². The lowest BCUT2D eigenvalue weighted by Crippen LogP contribution is -2.00. The first-order valence-corrected chi connectivity index (χ1v) is 5.85. The Balaban J connectivity index is 2.38. The monoisotopic (exact) mass is 250 g/mol. The summed E-state index contributed by atoms with van der Waals surface area (Å²) in [5.74, 6) is 0.278. The molecular formula is C12H11ClN2O2. The van der Waals surface area contributed by atoms with E-state index in [9.17, 15) is 4.79 Å². The molecule has 0 radical (unpaired) electrons. The number of rotatable bonds is 2. The lowest BCUT2D eigenvalue weighted by atomic mass is 10.0. The van der Waals surface area contributed by atoms with Crippen LogP contribution in [0.3, 0.4) is 0 Å². The van der Waals surface area contributed by atoms with Crippen LogP contribution in [0.2, 0.25) is 5.02 Å². The van der Waals surface area contributed by atoms with Gasteiger partial charge < -0.3 is 10.3 Å². The van der Waals surface area contributed by atoms with Crippen molar-refractivity contribution in [2.75, 3.05) is 5.73 Å². The fourth-order valence-electron chi connectivity index (χ4n) is 2.11. The second-order valence-electron chi connectivity index (χ2n) is 4.43. The summed E-state index contributed by atoms with van der Waals surface area (Å²) in [7, 11) is 0. The quantitative estimate of drug-likeness (QED) is 0.657. The maximum absolute atomic E-state index is 11.6. The van der Waals surface area contributed by atoms with Crippen molar-refractivity contribution in [1.29, 1.82) is 0 Å². The van der Waals surface area contributed by atoms with Crippen molar-refractivity contribution in [3.63, 3.8) is 0 Å². The number of halogens is 1. The Labute approximate surface area is 103 Å². The molecule has 0 aliphatic heterocycles. The van der Waals surface area contributed by atoms with Gasteiger partial charge in [-0.2, -0.15) is 0 Å². The van der Waals surface area contributed by atoms with E-state index in [4.69, 9.17) is 21.9 Å². The number of Topliss-reactive ketones (excluding diaryl/α,β-unsaturated/α-hetero) is 1. The van der Waals surface area contributed by atoms with Gasteiger partial charge in [-0.05, 0) is 25.8 Å². The predicted octanol–water partition coefficient (Wildman–Crippen LogP) is 3.14. The summed E-state index contributed by atoms with van der Waals surface area (Å²) >= 11 is 6.17. The third-order valence-electron chi connectivity index (χ3n) is 3.07. The van der Waals surface area contributed by atoms with Gasteiger partial charge in [0.1, 0.15) is 0 Å². The van der Waals surface area contributed by atoms with E-state index in [1.165, 1.54) is 6.92 Å². The molecule has 1 fully saturated rings. The van der Waals surface area contributed by atoms with Gasteiger partial charge >= 0.3 is 0 Å². The lowest BCUT2D eigenvalue weighted by Gasteiger charge is -2.03. The van der Waals surface area contributed by atoms with E-state index in [-0.39, 0.29) is 5.78 Å². The number of fused-ring (bicyclic) bond motifs is 1. The van der Waals surface area contributed by atoms with E-state index in [2.05, 4.69) is 5.16 Å². The molecule has 1 saturated carbocycles. The standard InChI is InChI=1S/C12H11ClN2O2/c1-5(16)9-8(14)4-7(13)10-11(6-2-3-6)15-17-12(9)10/h4,6H,2-3,14H2,1H3. The number of ketones is 1. The first-order valence-electron chi connectivity index (χ1n) is 5.47. The molecule has 2 N–H and O–H groups in total. The third-order valence-corrected chi connectivity index (χ3v) is 3.37. The van der Waals surface area contributed by atoms with Gasteiger partial charge in [-0.3, -0.25) is 4.79 Å². The van der Waals surface area contributed by atoms with Crippen LogP contribution in [0.15, 0.2) is 10.6 Å². The number of aromatic nitrogens is 1. The molecule has 0 spiro atoms. The molecule has 1 aromatic heterocycles. The molecule has 0 amide bonds. The zero-order valence-corrected chi connectivity index (χ0v) is 10.0. The van der Waals surface area contributed by atoms with E-state index >= 15 is 0 Å². The van der Waals surface area contributed by atoms with Crippen LogP contribution in [0.25, 0.3) is 11.0 Å². The molecule has 1 aromatic carbocycles. The van der Waals surface area contributed by atoms with Crippen molar-refractivity contribution < 1.29 is 9.32 Å².